The second-order valence-corrected chi connectivity index (χ2v) is 18.1. The van der Waals surface area contributed by atoms with Gasteiger partial charge in [-0.2, -0.15) is 0 Å². The highest BCUT2D eigenvalue weighted by Crippen LogP contribution is 2.44. The van der Waals surface area contributed by atoms with Crippen LogP contribution < -0.4 is 15.9 Å². The SMILES string of the molecule is C=C/C=C\c1c(C)n(-c2ccc(P(=O)(c3ccc(-n4c5ccccc5c5ccccc54)cc3)c3ccc(-n4c5ccccc5c5ccccc54)cc3)cc2)c2ccccc12. The number of hydrogen-bond acceptors (Lipinski definition) is 1. The van der Waals surface area contributed by atoms with Crippen LogP contribution in [-0.2, 0) is 4.57 Å². The highest BCUT2D eigenvalue weighted by atomic mass is 31.2. The predicted molar refractivity (Wildman–Crippen MR) is 255 cm³/mol. The Morgan fingerprint density at radius 2 is 0.700 bits per heavy atom. The van der Waals surface area contributed by atoms with Crippen LogP contribution in [0, 0.1) is 6.92 Å². The van der Waals surface area contributed by atoms with Crippen molar-refractivity contribution >= 4 is 83.6 Å². The molecule has 0 radical (unpaired) electrons. The number of allylic oxidation sites excluding steroid dienone is 2. The van der Waals surface area contributed by atoms with Crippen molar-refractivity contribution < 1.29 is 4.57 Å². The molecule has 60 heavy (non-hydrogen) atoms. The minimum absolute atomic E-state index is 0.779. The van der Waals surface area contributed by atoms with Crippen LogP contribution in [0.1, 0.15) is 11.3 Å². The molecule has 0 aliphatic carbocycles. The summed E-state index contributed by atoms with van der Waals surface area (Å²) >= 11 is 0. The molecule has 0 fully saturated rings. The largest absolute Gasteiger partial charge is 0.313 e. The molecule has 8 aromatic carbocycles. The van der Waals surface area contributed by atoms with Crippen molar-refractivity contribution in [2.75, 3.05) is 0 Å². The van der Waals surface area contributed by atoms with E-state index in [1.165, 1.54) is 26.9 Å². The fourth-order valence-corrected chi connectivity index (χ4v) is 12.0. The lowest BCUT2D eigenvalue weighted by molar-refractivity contribution is 0.592. The average molecular weight is 790 g/mol. The monoisotopic (exact) mass is 789 g/mol. The van der Waals surface area contributed by atoms with E-state index >= 15 is 4.57 Å². The molecule has 5 heteroatoms. The third-order valence-electron chi connectivity index (χ3n) is 12.1. The van der Waals surface area contributed by atoms with Gasteiger partial charge in [0.1, 0.15) is 0 Å². The van der Waals surface area contributed by atoms with E-state index in [1.807, 2.05) is 12.2 Å². The third-order valence-corrected chi connectivity index (χ3v) is 15.2. The summed E-state index contributed by atoms with van der Waals surface area (Å²) in [5, 5.41) is 8.35. The second kappa shape index (κ2) is 14.2. The fourth-order valence-electron chi connectivity index (χ4n) is 9.38. The number of para-hydroxylation sites is 5. The van der Waals surface area contributed by atoms with E-state index in [2.05, 4.69) is 227 Å². The van der Waals surface area contributed by atoms with Crippen LogP contribution in [0.15, 0.2) is 213 Å². The molecule has 286 valence electrons. The number of hydrogen-bond donors (Lipinski definition) is 0. The molecule has 0 amide bonds. The Labute approximate surface area is 348 Å². The summed E-state index contributed by atoms with van der Waals surface area (Å²) in [5.74, 6) is 0. The smallest absolute Gasteiger partial charge is 0.171 e. The van der Waals surface area contributed by atoms with E-state index in [0.29, 0.717) is 0 Å². The summed E-state index contributed by atoms with van der Waals surface area (Å²) in [6.07, 6.45) is 5.91. The van der Waals surface area contributed by atoms with Gasteiger partial charge in [0.2, 0.25) is 0 Å². The summed E-state index contributed by atoms with van der Waals surface area (Å²) in [4.78, 5) is 0. The minimum Gasteiger partial charge on any atom is -0.313 e. The Kier molecular flexibility index (Phi) is 8.44. The van der Waals surface area contributed by atoms with Gasteiger partial charge in [0.05, 0.1) is 27.6 Å². The van der Waals surface area contributed by atoms with Gasteiger partial charge < -0.3 is 18.3 Å². The van der Waals surface area contributed by atoms with Gasteiger partial charge in [-0.1, -0.05) is 116 Å². The zero-order valence-corrected chi connectivity index (χ0v) is 34.0. The topological polar surface area (TPSA) is 31.9 Å². The van der Waals surface area contributed by atoms with Crippen molar-refractivity contribution in [2.45, 2.75) is 6.92 Å². The Morgan fingerprint density at radius 1 is 0.400 bits per heavy atom. The maximum absolute atomic E-state index is 16.3. The van der Waals surface area contributed by atoms with Crippen LogP contribution in [0.25, 0.3) is 77.7 Å². The van der Waals surface area contributed by atoms with Crippen molar-refractivity contribution in [2.24, 2.45) is 0 Å². The molecule has 0 aliphatic rings. The lowest BCUT2D eigenvalue weighted by atomic mass is 10.1. The van der Waals surface area contributed by atoms with Gasteiger partial charge in [-0.25, -0.2) is 0 Å². The molecule has 0 spiro atoms. The van der Waals surface area contributed by atoms with Crippen molar-refractivity contribution in [3.05, 3.63) is 224 Å². The van der Waals surface area contributed by atoms with Gasteiger partial charge in [0.15, 0.2) is 7.14 Å². The van der Waals surface area contributed by atoms with E-state index in [0.717, 1.165) is 71.8 Å². The maximum Gasteiger partial charge on any atom is 0.171 e. The molecule has 0 saturated heterocycles. The third kappa shape index (κ3) is 5.42. The molecule has 0 unspecified atom stereocenters. The molecular weight excluding hydrogens is 750 g/mol. The maximum atomic E-state index is 16.3. The summed E-state index contributed by atoms with van der Waals surface area (Å²) in [6, 6.07) is 67.7. The minimum atomic E-state index is -3.39. The molecule has 3 heterocycles. The number of rotatable bonds is 8. The van der Waals surface area contributed by atoms with E-state index in [1.54, 1.807) is 0 Å². The molecule has 0 atom stereocenters. The van der Waals surface area contributed by atoms with E-state index in [4.69, 9.17) is 0 Å². The van der Waals surface area contributed by atoms with Crippen LogP contribution in [0.4, 0.5) is 0 Å². The highest BCUT2D eigenvalue weighted by Gasteiger charge is 2.31. The Hall–Kier alpha value is -7.39. The molecule has 0 bridgehead atoms. The van der Waals surface area contributed by atoms with Crippen LogP contribution in [0.5, 0.6) is 0 Å². The Morgan fingerprint density at radius 3 is 1.05 bits per heavy atom. The van der Waals surface area contributed by atoms with Gasteiger partial charge in [-0.3, -0.25) is 0 Å². The zero-order valence-electron chi connectivity index (χ0n) is 33.1. The Bertz CT molecular complexity index is 3260. The fraction of sp³-hybridized carbons (Fsp3) is 0.0182. The van der Waals surface area contributed by atoms with Gasteiger partial charge in [-0.05, 0) is 110 Å². The first kappa shape index (κ1) is 35.7. The standard InChI is InChI=1S/C55H40N3OP/c1-3-4-15-45-38(2)56(51-21-10-5-16-46(45)51)39-26-32-42(33-27-39)60(59,43-34-28-40(29-35-43)57-52-22-11-6-17-47(52)48-18-7-12-23-53(48)57)44-36-30-41(31-37-44)58-54-24-13-8-19-49(54)50-20-9-14-25-55(50)58/h3-37H,1H2,2H3/b15-4-. The number of benzene rings is 8. The summed E-state index contributed by atoms with van der Waals surface area (Å²) < 4.78 is 23.2. The zero-order chi connectivity index (χ0) is 40.4. The molecule has 11 rings (SSSR count). The quantitative estimate of drug-likeness (QED) is 0.111. The Balaban J connectivity index is 1.06. The van der Waals surface area contributed by atoms with E-state index < -0.39 is 7.14 Å². The van der Waals surface area contributed by atoms with E-state index in [9.17, 15) is 0 Å². The van der Waals surface area contributed by atoms with Crippen LogP contribution >= 0.6 is 7.14 Å². The second-order valence-electron chi connectivity index (χ2n) is 15.3. The van der Waals surface area contributed by atoms with Gasteiger partial charge in [0.25, 0.3) is 0 Å². The average Bonchev–Trinajstić information content (AvgIpc) is 3.93. The first-order valence-corrected chi connectivity index (χ1v) is 22.0. The first-order valence-electron chi connectivity index (χ1n) is 20.3. The molecule has 0 aliphatic heterocycles. The lowest BCUT2D eigenvalue weighted by Gasteiger charge is -2.22. The molecule has 11 aromatic rings. The normalized spacial score (nSPS) is 12.2. The van der Waals surface area contributed by atoms with Crippen LogP contribution in [0.3, 0.4) is 0 Å². The highest BCUT2D eigenvalue weighted by molar-refractivity contribution is 7.85. The number of fused-ring (bicyclic) bond motifs is 7. The van der Waals surface area contributed by atoms with E-state index in [-0.39, 0.29) is 0 Å². The summed E-state index contributed by atoms with van der Waals surface area (Å²) in [7, 11) is -3.39. The lowest BCUT2D eigenvalue weighted by Crippen LogP contribution is -2.25. The number of nitrogens with zero attached hydrogens (tertiary/aromatic N) is 3. The predicted octanol–water partition coefficient (Wildman–Crippen LogP) is 13.0. The van der Waals surface area contributed by atoms with Gasteiger partial charge >= 0.3 is 0 Å². The molecule has 0 N–H and O–H groups in total. The molecular formula is C55H40N3OP. The molecule has 4 nitrogen and oxygen atoms in total. The van der Waals surface area contributed by atoms with Gasteiger partial charge in [0, 0.05) is 71.2 Å². The van der Waals surface area contributed by atoms with Crippen molar-refractivity contribution in [1.29, 1.82) is 0 Å². The molecule has 0 saturated carbocycles. The summed E-state index contributed by atoms with van der Waals surface area (Å²) in [5.41, 5.74) is 11.0. The van der Waals surface area contributed by atoms with Gasteiger partial charge in [-0.15, -0.1) is 0 Å². The van der Waals surface area contributed by atoms with Crippen LogP contribution in [-0.4, -0.2) is 13.7 Å². The summed E-state index contributed by atoms with van der Waals surface area (Å²) in [6.45, 7) is 6.05. The van der Waals surface area contributed by atoms with Crippen LogP contribution in [0.2, 0.25) is 0 Å². The first-order chi connectivity index (χ1) is 29.5. The van der Waals surface area contributed by atoms with Crippen molar-refractivity contribution in [3.63, 3.8) is 0 Å². The molecule has 3 aromatic heterocycles. The van der Waals surface area contributed by atoms with Crippen molar-refractivity contribution in [1.82, 2.24) is 13.7 Å². The van der Waals surface area contributed by atoms with Crippen molar-refractivity contribution in [3.8, 4) is 17.1 Å². The number of aromatic nitrogens is 3.